The predicted molar refractivity (Wildman–Crippen MR) is 127 cm³/mol. The Bertz CT molecular complexity index is 1410. The lowest BCUT2D eigenvalue weighted by Crippen LogP contribution is -2.26. The van der Waals surface area contributed by atoms with Gasteiger partial charge in [0.25, 0.3) is 5.91 Å². The predicted octanol–water partition coefficient (Wildman–Crippen LogP) is 5.19. The van der Waals surface area contributed by atoms with Crippen molar-refractivity contribution >= 4 is 29.0 Å². The maximum Gasteiger partial charge on any atom is 0.260 e. The molecule has 3 aromatic carbocycles. The highest BCUT2D eigenvalue weighted by molar-refractivity contribution is 6.30. The number of aryl methyl sites for hydroxylation is 1. The minimum atomic E-state index is -0.478. The van der Waals surface area contributed by atoms with E-state index in [1.54, 1.807) is 18.0 Å². The molecule has 0 spiro atoms. The van der Waals surface area contributed by atoms with E-state index in [9.17, 15) is 19.4 Å². The zero-order valence-corrected chi connectivity index (χ0v) is 18.8. The number of hydrogen-bond donors (Lipinski definition) is 3. The van der Waals surface area contributed by atoms with Gasteiger partial charge in [-0.1, -0.05) is 35.9 Å². The van der Waals surface area contributed by atoms with Gasteiger partial charge in [0, 0.05) is 48.9 Å². The Morgan fingerprint density at radius 1 is 1.06 bits per heavy atom. The second-order valence-electron chi connectivity index (χ2n) is 8.10. The topological polar surface area (TPSA) is 90.6 Å². The van der Waals surface area contributed by atoms with Crippen LogP contribution in [0.2, 0.25) is 5.02 Å². The number of nitrogens with one attached hydrogen (secondary N) is 1. The molecule has 4 aromatic rings. The van der Waals surface area contributed by atoms with Crippen LogP contribution >= 0.6 is 11.6 Å². The molecule has 0 atom stereocenters. The largest absolute Gasteiger partial charge is 0.508 e. The highest BCUT2D eigenvalue weighted by atomic mass is 35.5. The lowest BCUT2D eigenvalue weighted by Gasteiger charge is -2.19. The molecule has 0 fully saturated rings. The van der Waals surface area contributed by atoms with Crippen LogP contribution in [0.5, 0.6) is 11.5 Å². The van der Waals surface area contributed by atoms with Gasteiger partial charge in [0.2, 0.25) is 0 Å². The van der Waals surface area contributed by atoms with Crippen LogP contribution in [0.4, 0.5) is 15.9 Å². The van der Waals surface area contributed by atoms with Crippen molar-refractivity contribution in [2.24, 2.45) is 7.05 Å². The Hall–Kier alpha value is -4.04. The van der Waals surface area contributed by atoms with E-state index in [-0.39, 0.29) is 34.2 Å². The average molecular weight is 479 g/mol. The van der Waals surface area contributed by atoms with E-state index in [2.05, 4.69) is 10.4 Å². The highest BCUT2D eigenvalue weighted by Crippen LogP contribution is 2.36. The quantitative estimate of drug-likeness (QED) is 0.375. The number of halogens is 2. The first-order valence-corrected chi connectivity index (χ1v) is 10.9. The van der Waals surface area contributed by atoms with Crippen LogP contribution in [0.3, 0.4) is 0 Å². The highest BCUT2D eigenvalue weighted by Gasteiger charge is 2.28. The molecule has 7 nitrogen and oxygen atoms in total. The van der Waals surface area contributed by atoms with E-state index in [4.69, 9.17) is 11.6 Å². The first-order chi connectivity index (χ1) is 16.3. The third-order valence-corrected chi connectivity index (χ3v) is 6.03. The van der Waals surface area contributed by atoms with Crippen LogP contribution in [0.15, 0.2) is 60.7 Å². The first kappa shape index (κ1) is 21.8. The summed E-state index contributed by atoms with van der Waals surface area (Å²) in [6.45, 7) is 0.831. The number of carbonyl (C=O) groups is 1. The summed E-state index contributed by atoms with van der Waals surface area (Å²) in [7, 11) is 1.65. The molecule has 1 amide bonds. The third kappa shape index (κ3) is 3.92. The first-order valence-electron chi connectivity index (χ1n) is 10.5. The molecule has 9 heteroatoms. The molecule has 1 aliphatic rings. The maximum absolute atomic E-state index is 14.3. The van der Waals surface area contributed by atoms with Gasteiger partial charge >= 0.3 is 0 Å². The molecule has 0 bridgehead atoms. The Balaban J connectivity index is 1.49. The number of aromatic hydroxyl groups is 2. The Labute approximate surface area is 199 Å². The molecule has 34 heavy (non-hydrogen) atoms. The number of phenolic OH excluding ortho intramolecular Hbond substituents is 2. The van der Waals surface area contributed by atoms with Crippen molar-refractivity contribution in [2.75, 3.05) is 5.32 Å². The molecular weight excluding hydrogens is 459 g/mol. The van der Waals surface area contributed by atoms with Crippen LogP contribution in [0, 0.1) is 5.82 Å². The number of nitrogens with zero attached hydrogens (tertiary/aromatic N) is 3. The van der Waals surface area contributed by atoms with Gasteiger partial charge in [-0.25, -0.2) is 4.39 Å². The van der Waals surface area contributed by atoms with Crippen molar-refractivity contribution in [1.29, 1.82) is 0 Å². The molecule has 0 saturated heterocycles. The van der Waals surface area contributed by atoms with Crippen molar-refractivity contribution < 1.29 is 19.4 Å². The number of amides is 1. The fourth-order valence-electron chi connectivity index (χ4n) is 4.12. The van der Waals surface area contributed by atoms with E-state index in [0.29, 0.717) is 29.6 Å². The van der Waals surface area contributed by atoms with E-state index >= 15 is 0 Å². The monoisotopic (exact) mass is 478 g/mol. The van der Waals surface area contributed by atoms with Crippen LogP contribution in [0.25, 0.3) is 11.3 Å². The van der Waals surface area contributed by atoms with Crippen LogP contribution in [-0.4, -0.2) is 30.8 Å². The molecule has 3 N–H and O–H groups in total. The molecule has 1 aliphatic heterocycles. The molecule has 0 aliphatic carbocycles. The van der Waals surface area contributed by atoms with Crippen LogP contribution < -0.4 is 5.32 Å². The van der Waals surface area contributed by atoms with E-state index in [1.807, 2.05) is 24.3 Å². The summed E-state index contributed by atoms with van der Waals surface area (Å²) in [5.41, 5.74) is 2.85. The lowest BCUT2D eigenvalue weighted by molar-refractivity contribution is 0.0749. The number of phenols is 2. The van der Waals surface area contributed by atoms with Gasteiger partial charge < -0.3 is 20.4 Å². The Morgan fingerprint density at radius 2 is 1.76 bits per heavy atom. The van der Waals surface area contributed by atoms with Gasteiger partial charge in [0.15, 0.2) is 0 Å². The molecule has 0 unspecified atom stereocenters. The number of fused-ring (bicyclic) bond motifs is 1. The van der Waals surface area contributed by atoms with Gasteiger partial charge in [-0.3, -0.25) is 9.48 Å². The molecule has 5 rings (SSSR count). The number of aromatic nitrogens is 2. The summed E-state index contributed by atoms with van der Waals surface area (Å²) >= 11 is 6.01. The number of rotatable bonds is 4. The standard InChI is InChI=1S/C25H20ClFN4O3/c1-30-23(11-20(29-30)18-8-16(26)6-7-19(18)27)28-21-9-17(32)10-22(33)24(21)25(34)31-12-14-4-2-3-5-15(14)13-31/h2-11,28,32-33H,12-13H2,1H3. The van der Waals surface area contributed by atoms with Crippen LogP contribution in [0.1, 0.15) is 21.5 Å². The third-order valence-electron chi connectivity index (χ3n) is 5.79. The number of hydrogen-bond acceptors (Lipinski definition) is 5. The van der Waals surface area contributed by atoms with Gasteiger partial charge in [-0.15, -0.1) is 0 Å². The summed E-state index contributed by atoms with van der Waals surface area (Å²) in [5.74, 6) is -1.03. The molecular formula is C25H20ClFN4O3. The van der Waals surface area contributed by atoms with Gasteiger partial charge in [-0.05, 0) is 29.3 Å². The van der Waals surface area contributed by atoms with Gasteiger partial charge in [0.1, 0.15) is 28.7 Å². The molecule has 1 aromatic heterocycles. The average Bonchev–Trinajstić information content (AvgIpc) is 3.38. The fourth-order valence-corrected chi connectivity index (χ4v) is 4.29. The second kappa shape index (κ2) is 8.39. The second-order valence-corrected chi connectivity index (χ2v) is 8.54. The van der Waals surface area contributed by atoms with Crippen molar-refractivity contribution in [1.82, 2.24) is 14.7 Å². The van der Waals surface area contributed by atoms with Crippen molar-refractivity contribution in [3.63, 3.8) is 0 Å². The lowest BCUT2D eigenvalue weighted by atomic mass is 10.1. The SMILES string of the molecule is Cn1nc(-c2cc(Cl)ccc2F)cc1Nc1cc(O)cc(O)c1C(=O)N1Cc2ccccc2C1. The van der Waals surface area contributed by atoms with E-state index < -0.39 is 5.82 Å². The molecule has 0 radical (unpaired) electrons. The van der Waals surface area contributed by atoms with Gasteiger partial charge in [-0.2, -0.15) is 5.10 Å². The van der Waals surface area contributed by atoms with Crippen LogP contribution in [-0.2, 0) is 20.1 Å². The summed E-state index contributed by atoms with van der Waals surface area (Å²) in [4.78, 5) is 15.0. The van der Waals surface area contributed by atoms with E-state index in [0.717, 1.165) is 17.2 Å². The minimum Gasteiger partial charge on any atom is -0.508 e. The van der Waals surface area contributed by atoms with Crippen molar-refractivity contribution in [3.05, 3.63) is 88.2 Å². The molecule has 2 heterocycles. The smallest absolute Gasteiger partial charge is 0.260 e. The summed E-state index contributed by atoms with van der Waals surface area (Å²) < 4.78 is 15.8. The maximum atomic E-state index is 14.3. The summed E-state index contributed by atoms with van der Waals surface area (Å²) in [6, 6.07) is 16.0. The molecule has 0 saturated carbocycles. The van der Waals surface area contributed by atoms with Gasteiger partial charge in [0.05, 0.1) is 11.4 Å². The Kier molecular flexibility index (Phi) is 5.37. The zero-order valence-electron chi connectivity index (χ0n) is 18.1. The Morgan fingerprint density at radius 3 is 2.47 bits per heavy atom. The summed E-state index contributed by atoms with van der Waals surface area (Å²) in [5, 5.41) is 28.4. The molecule has 172 valence electrons. The van der Waals surface area contributed by atoms with Crippen molar-refractivity contribution in [2.45, 2.75) is 13.1 Å². The van der Waals surface area contributed by atoms with Crippen molar-refractivity contribution in [3.8, 4) is 22.8 Å². The minimum absolute atomic E-state index is 0.0160. The fraction of sp³-hybridized carbons (Fsp3) is 0.120. The number of anilines is 2. The zero-order chi connectivity index (χ0) is 24.0. The summed E-state index contributed by atoms with van der Waals surface area (Å²) in [6.07, 6.45) is 0. The number of carbonyl (C=O) groups excluding carboxylic acids is 1. The number of benzene rings is 3. The normalized spacial score (nSPS) is 12.6. The van der Waals surface area contributed by atoms with E-state index in [1.165, 1.54) is 28.9 Å².